The zero-order chi connectivity index (χ0) is 23.0. The van der Waals surface area contributed by atoms with E-state index in [1.165, 1.54) is 12.1 Å². The van der Waals surface area contributed by atoms with Crippen molar-refractivity contribution in [1.82, 2.24) is 9.55 Å². The Morgan fingerprint density at radius 1 is 0.848 bits per heavy atom. The summed E-state index contributed by atoms with van der Waals surface area (Å²) >= 11 is 0. The summed E-state index contributed by atoms with van der Waals surface area (Å²) in [6, 6.07) is 22.0. The van der Waals surface area contributed by atoms with Crippen LogP contribution in [0.5, 0.6) is 0 Å². The number of H-pyrrole nitrogens is 1. The van der Waals surface area contributed by atoms with Gasteiger partial charge in [0.1, 0.15) is 0 Å². The van der Waals surface area contributed by atoms with Gasteiger partial charge >= 0.3 is 6.18 Å². The molecule has 2 aromatic heterocycles. The molecule has 0 saturated carbocycles. The first-order valence-corrected chi connectivity index (χ1v) is 11.3. The van der Waals surface area contributed by atoms with Crippen molar-refractivity contribution in [3.8, 4) is 0 Å². The van der Waals surface area contributed by atoms with Gasteiger partial charge in [-0.3, -0.25) is 0 Å². The fraction of sp³-hybridized carbons (Fsp3) is 0.214. The Labute approximate surface area is 190 Å². The standard InChI is InChI=1S/C28H25F3N2/c1-2-3-16-33-18-24(22-9-5-7-11-26(22)33)27(19-12-14-20(15-13-19)28(29,30)31)23-17-32-25-10-6-4-8-21(23)25/h4-15,17-18,27,32H,2-3,16H2,1H3. The second kappa shape index (κ2) is 8.47. The molecule has 0 amide bonds. The summed E-state index contributed by atoms with van der Waals surface area (Å²) in [6.07, 6.45) is 1.98. The number of halogens is 3. The minimum absolute atomic E-state index is 0.198. The molecule has 168 valence electrons. The largest absolute Gasteiger partial charge is 0.416 e. The number of nitrogens with zero attached hydrogens (tertiary/aromatic N) is 1. The van der Waals surface area contributed by atoms with Gasteiger partial charge in [0.05, 0.1) is 5.56 Å². The molecule has 2 heterocycles. The van der Waals surface area contributed by atoms with Crippen LogP contribution in [0.1, 0.15) is 47.9 Å². The van der Waals surface area contributed by atoms with Crippen molar-refractivity contribution in [2.24, 2.45) is 0 Å². The first kappa shape index (κ1) is 21.4. The van der Waals surface area contributed by atoms with E-state index in [1.54, 1.807) is 12.1 Å². The maximum absolute atomic E-state index is 13.2. The molecular weight excluding hydrogens is 421 g/mol. The molecule has 2 nitrogen and oxygen atoms in total. The second-order valence-corrected chi connectivity index (χ2v) is 8.49. The minimum atomic E-state index is -4.36. The first-order valence-electron chi connectivity index (χ1n) is 11.3. The molecule has 0 aliphatic rings. The van der Waals surface area contributed by atoms with Crippen molar-refractivity contribution in [3.05, 3.63) is 107 Å². The normalized spacial score (nSPS) is 13.1. The van der Waals surface area contributed by atoms with E-state index >= 15 is 0 Å². The van der Waals surface area contributed by atoms with Crippen LogP contribution in [0.25, 0.3) is 21.8 Å². The minimum Gasteiger partial charge on any atom is -0.361 e. The Morgan fingerprint density at radius 3 is 2.27 bits per heavy atom. The molecular formula is C28H25F3N2. The summed E-state index contributed by atoms with van der Waals surface area (Å²) in [6.45, 7) is 3.08. The van der Waals surface area contributed by atoms with Gasteiger partial charge in [0.2, 0.25) is 0 Å². The van der Waals surface area contributed by atoms with Crippen molar-refractivity contribution in [1.29, 1.82) is 0 Å². The number of hydrogen-bond donors (Lipinski definition) is 1. The lowest BCUT2D eigenvalue weighted by molar-refractivity contribution is -0.137. The molecule has 0 aliphatic carbocycles. The molecule has 0 spiro atoms. The number of alkyl halides is 3. The molecule has 0 fully saturated rings. The Kier molecular flexibility index (Phi) is 5.49. The third kappa shape index (κ3) is 3.92. The van der Waals surface area contributed by atoms with Gasteiger partial charge in [0.15, 0.2) is 0 Å². The number of aromatic nitrogens is 2. The molecule has 33 heavy (non-hydrogen) atoms. The van der Waals surface area contributed by atoms with Gasteiger partial charge in [0.25, 0.3) is 0 Å². The quantitative estimate of drug-likeness (QED) is 0.272. The van der Waals surface area contributed by atoms with Crippen LogP contribution in [0.3, 0.4) is 0 Å². The van der Waals surface area contributed by atoms with Gasteiger partial charge in [-0.25, -0.2) is 0 Å². The van der Waals surface area contributed by atoms with Crippen LogP contribution in [-0.2, 0) is 12.7 Å². The highest BCUT2D eigenvalue weighted by molar-refractivity contribution is 5.89. The van der Waals surface area contributed by atoms with E-state index in [4.69, 9.17) is 0 Å². The molecule has 0 radical (unpaired) electrons. The lowest BCUT2D eigenvalue weighted by Gasteiger charge is -2.18. The van der Waals surface area contributed by atoms with E-state index in [0.717, 1.165) is 57.9 Å². The number of hydrogen-bond acceptors (Lipinski definition) is 0. The third-order valence-electron chi connectivity index (χ3n) is 6.39. The predicted molar refractivity (Wildman–Crippen MR) is 128 cm³/mol. The molecule has 1 unspecified atom stereocenters. The number of benzene rings is 3. The van der Waals surface area contributed by atoms with Crippen LogP contribution in [0.2, 0.25) is 0 Å². The molecule has 3 aromatic carbocycles. The monoisotopic (exact) mass is 446 g/mol. The number of para-hydroxylation sites is 2. The smallest absolute Gasteiger partial charge is 0.361 e. The van der Waals surface area contributed by atoms with Crippen LogP contribution in [0.15, 0.2) is 85.2 Å². The molecule has 0 aliphatic heterocycles. The van der Waals surface area contributed by atoms with Crippen LogP contribution in [-0.4, -0.2) is 9.55 Å². The zero-order valence-corrected chi connectivity index (χ0v) is 18.4. The second-order valence-electron chi connectivity index (χ2n) is 8.49. The Balaban J connectivity index is 1.73. The summed E-state index contributed by atoms with van der Waals surface area (Å²) in [5, 5.41) is 2.21. The Hall–Kier alpha value is -3.47. The van der Waals surface area contributed by atoms with Gasteiger partial charge < -0.3 is 9.55 Å². The highest BCUT2D eigenvalue weighted by Gasteiger charge is 2.31. The molecule has 5 aromatic rings. The molecule has 1 atom stereocenters. The Bertz CT molecular complexity index is 1390. The summed E-state index contributed by atoms with van der Waals surface area (Å²) in [5.41, 5.74) is 4.53. The molecule has 5 rings (SSSR count). The Morgan fingerprint density at radius 2 is 1.55 bits per heavy atom. The van der Waals surface area contributed by atoms with E-state index < -0.39 is 11.7 Å². The van der Waals surface area contributed by atoms with Gasteiger partial charge in [-0.1, -0.05) is 61.9 Å². The number of aryl methyl sites for hydroxylation is 1. The lowest BCUT2D eigenvalue weighted by atomic mass is 9.84. The first-order chi connectivity index (χ1) is 16.0. The van der Waals surface area contributed by atoms with E-state index in [2.05, 4.69) is 40.9 Å². The van der Waals surface area contributed by atoms with E-state index in [0.29, 0.717) is 0 Å². The summed E-state index contributed by atoms with van der Waals surface area (Å²) in [7, 11) is 0. The maximum Gasteiger partial charge on any atom is 0.416 e. The molecule has 5 heteroatoms. The average Bonchev–Trinajstić information content (AvgIpc) is 3.40. The number of nitrogens with one attached hydrogen (secondary N) is 1. The predicted octanol–water partition coefficient (Wildman–Crippen LogP) is 8.12. The van der Waals surface area contributed by atoms with E-state index in [9.17, 15) is 13.2 Å². The number of rotatable bonds is 6. The fourth-order valence-corrected chi connectivity index (χ4v) is 4.74. The van der Waals surface area contributed by atoms with Gasteiger partial charge in [0, 0.05) is 46.7 Å². The number of fused-ring (bicyclic) bond motifs is 2. The summed E-state index contributed by atoms with van der Waals surface area (Å²) in [4.78, 5) is 3.35. The van der Waals surface area contributed by atoms with Crippen molar-refractivity contribution in [2.45, 2.75) is 38.4 Å². The van der Waals surface area contributed by atoms with Gasteiger partial charge in [-0.05, 0) is 47.4 Å². The SMILES string of the molecule is CCCCn1cc(C(c2ccc(C(F)(F)F)cc2)c2c[nH]c3ccccc23)c2ccccc21. The summed E-state index contributed by atoms with van der Waals surface area (Å²) < 4.78 is 42.0. The molecule has 1 N–H and O–H groups in total. The maximum atomic E-state index is 13.2. The van der Waals surface area contributed by atoms with Gasteiger partial charge in [-0.15, -0.1) is 0 Å². The third-order valence-corrected chi connectivity index (χ3v) is 6.39. The van der Waals surface area contributed by atoms with Crippen molar-refractivity contribution < 1.29 is 13.2 Å². The molecule has 0 saturated heterocycles. The molecule has 0 bridgehead atoms. The summed E-state index contributed by atoms with van der Waals surface area (Å²) in [5.74, 6) is -0.198. The zero-order valence-electron chi connectivity index (χ0n) is 18.4. The number of aromatic amines is 1. The van der Waals surface area contributed by atoms with Crippen LogP contribution in [0.4, 0.5) is 13.2 Å². The fourth-order valence-electron chi connectivity index (χ4n) is 4.74. The average molecular weight is 447 g/mol. The van der Waals surface area contributed by atoms with Crippen molar-refractivity contribution in [2.75, 3.05) is 0 Å². The topological polar surface area (TPSA) is 20.7 Å². The number of unbranched alkanes of at least 4 members (excludes halogenated alkanes) is 1. The van der Waals surface area contributed by atoms with Crippen molar-refractivity contribution >= 4 is 21.8 Å². The highest BCUT2D eigenvalue weighted by atomic mass is 19.4. The van der Waals surface area contributed by atoms with E-state index in [1.807, 2.05) is 36.5 Å². The van der Waals surface area contributed by atoms with Crippen LogP contribution < -0.4 is 0 Å². The van der Waals surface area contributed by atoms with Crippen molar-refractivity contribution in [3.63, 3.8) is 0 Å². The van der Waals surface area contributed by atoms with E-state index in [-0.39, 0.29) is 5.92 Å². The van der Waals surface area contributed by atoms with Crippen LogP contribution in [0, 0.1) is 0 Å². The van der Waals surface area contributed by atoms with Crippen LogP contribution >= 0.6 is 0 Å². The van der Waals surface area contributed by atoms with Gasteiger partial charge in [-0.2, -0.15) is 13.2 Å². The highest BCUT2D eigenvalue weighted by Crippen LogP contribution is 2.41. The lowest BCUT2D eigenvalue weighted by Crippen LogP contribution is -2.07.